The molecule has 0 unspecified atom stereocenters. The number of halogens is 3. The van der Waals surface area contributed by atoms with Crippen LogP contribution >= 0.6 is 23.2 Å². The van der Waals surface area contributed by atoms with Gasteiger partial charge in [0.25, 0.3) is 0 Å². The summed E-state index contributed by atoms with van der Waals surface area (Å²) in [4.78, 5) is 12.7. The van der Waals surface area contributed by atoms with Crippen LogP contribution in [0.25, 0.3) is 22.3 Å². The van der Waals surface area contributed by atoms with Crippen LogP contribution in [0.1, 0.15) is 13.8 Å². The van der Waals surface area contributed by atoms with Crippen molar-refractivity contribution >= 4 is 40.1 Å². The first kappa shape index (κ1) is 15.9. The van der Waals surface area contributed by atoms with Gasteiger partial charge in [0, 0.05) is 29.6 Å². The van der Waals surface area contributed by atoms with Crippen LogP contribution in [0.2, 0.25) is 10.2 Å². The molecule has 0 radical (unpaired) electrons. The van der Waals surface area contributed by atoms with Gasteiger partial charge in [-0.25, -0.2) is 19.3 Å². The van der Waals surface area contributed by atoms with Gasteiger partial charge in [0.1, 0.15) is 16.5 Å². The molecule has 3 rings (SSSR count). The van der Waals surface area contributed by atoms with E-state index < -0.39 is 5.82 Å². The molecule has 0 aliphatic carbocycles. The lowest BCUT2D eigenvalue weighted by Crippen LogP contribution is -2.12. The summed E-state index contributed by atoms with van der Waals surface area (Å²) in [5, 5.41) is 3.63. The fourth-order valence-corrected chi connectivity index (χ4v) is 2.88. The van der Waals surface area contributed by atoms with E-state index in [1.807, 2.05) is 13.8 Å². The van der Waals surface area contributed by atoms with E-state index in [0.29, 0.717) is 22.4 Å². The molecule has 0 aliphatic heterocycles. The second-order valence-electron chi connectivity index (χ2n) is 5.28. The highest BCUT2D eigenvalue weighted by atomic mass is 35.5. The zero-order valence-corrected chi connectivity index (χ0v) is 14.0. The predicted octanol–water partition coefficient (Wildman–Crippen LogP) is 4.96. The van der Waals surface area contributed by atoms with Gasteiger partial charge in [0.05, 0.1) is 10.7 Å². The van der Waals surface area contributed by atoms with Crippen molar-refractivity contribution < 1.29 is 4.39 Å². The number of rotatable bonds is 3. The van der Waals surface area contributed by atoms with Crippen molar-refractivity contribution in [1.82, 2.24) is 15.0 Å². The van der Waals surface area contributed by atoms with Crippen molar-refractivity contribution in [3.8, 4) is 11.1 Å². The molecule has 0 spiro atoms. The van der Waals surface area contributed by atoms with Gasteiger partial charge in [-0.15, -0.1) is 0 Å². The molecule has 4 nitrogen and oxygen atoms in total. The van der Waals surface area contributed by atoms with Gasteiger partial charge in [-0.2, -0.15) is 0 Å². The first-order chi connectivity index (χ1) is 11.0. The Hall–Kier alpha value is -1.98. The van der Waals surface area contributed by atoms with Gasteiger partial charge in [0.15, 0.2) is 5.65 Å². The van der Waals surface area contributed by atoms with Gasteiger partial charge in [-0.05, 0) is 26.0 Å². The third-order valence-corrected chi connectivity index (χ3v) is 3.81. The van der Waals surface area contributed by atoms with Crippen molar-refractivity contribution in [3.63, 3.8) is 0 Å². The summed E-state index contributed by atoms with van der Waals surface area (Å²) < 4.78 is 14.4. The second-order valence-corrected chi connectivity index (χ2v) is 6.04. The Bertz CT molecular complexity index is 863. The van der Waals surface area contributed by atoms with Gasteiger partial charge in [-0.1, -0.05) is 29.3 Å². The molecule has 118 valence electrons. The van der Waals surface area contributed by atoms with E-state index in [2.05, 4.69) is 20.3 Å². The van der Waals surface area contributed by atoms with Crippen molar-refractivity contribution in [2.45, 2.75) is 19.9 Å². The fraction of sp³-hybridized carbons (Fsp3) is 0.188. The number of nitrogens with one attached hydrogen (secondary N) is 1. The number of pyridine rings is 1. The summed E-state index contributed by atoms with van der Waals surface area (Å²) in [7, 11) is 0. The van der Waals surface area contributed by atoms with Gasteiger partial charge < -0.3 is 5.32 Å². The second kappa shape index (κ2) is 6.26. The number of anilines is 1. The molecule has 7 heteroatoms. The van der Waals surface area contributed by atoms with E-state index in [1.165, 1.54) is 12.3 Å². The van der Waals surface area contributed by atoms with Crippen molar-refractivity contribution in [1.29, 1.82) is 0 Å². The number of hydrogen-bond acceptors (Lipinski definition) is 4. The monoisotopic (exact) mass is 350 g/mol. The number of hydrogen-bond donors (Lipinski definition) is 1. The predicted molar refractivity (Wildman–Crippen MR) is 91.5 cm³/mol. The summed E-state index contributed by atoms with van der Waals surface area (Å²) in [6.45, 7) is 3.92. The van der Waals surface area contributed by atoms with E-state index >= 15 is 0 Å². The zero-order chi connectivity index (χ0) is 16.6. The topological polar surface area (TPSA) is 50.7 Å². The molecule has 2 heterocycles. The molecule has 23 heavy (non-hydrogen) atoms. The van der Waals surface area contributed by atoms with Gasteiger partial charge in [-0.3, -0.25) is 0 Å². The van der Waals surface area contributed by atoms with E-state index in [4.69, 9.17) is 23.2 Å². The Balaban J connectivity index is 2.42. The highest BCUT2D eigenvalue weighted by Crippen LogP contribution is 2.42. The van der Waals surface area contributed by atoms with Crippen LogP contribution < -0.4 is 5.32 Å². The van der Waals surface area contributed by atoms with Gasteiger partial charge >= 0.3 is 0 Å². The average Bonchev–Trinajstić information content (AvgIpc) is 2.49. The molecule has 0 saturated heterocycles. The molecule has 0 fully saturated rings. The molecule has 0 bridgehead atoms. The van der Waals surface area contributed by atoms with Crippen LogP contribution in [-0.4, -0.2) is 21.0 Å². The van der Waals surface area contributed by atoms with Crippen LogP contribution in [0.3, 0.4) is 0 Å². The Labute approximate surface area is 142 Å². The van der Waals surface area contributed by atoms with E-state index in [0.717, 1.165) is 0 Å². The molecule has 1 aromatic carbocycles. The van der Waals surface area contributed by atoms with E-state index in [1.54, 1.807) is 18.3 Å². The maximum Gasteiger partial charge on any atom is 0.181 e. The molecule has 1 N–H and O–H groups in total. The summed E-state index contributed by atoms with van der Waals surface area (Å²) in [6, 6.07) is 4.55. The minimum atomic E-state index is -0.476. The lowest BCUT2D eigenvalue weighted by molar-refractivity contribution is 0.631. The molecule has 0 atom stereocenters. The third kappa shape index (κ3) is 2.94. The Morgan fingerprint density at radius 2 is 1.83 bits per heavy atom. The highest BCUT2D eigenvalue weighted by molar-refractivity contribution is 6.37. The number of fused-ring (bicyclic) bond motifs is 1. The maximum atomic E-state index is 14.4. The number of aromatic nitrogens is 3. The van der Waals surface area contributed by atoms with Crippen LogP contribution in [-0.2, 0) is 0 Å². The minimum absolute atomic E-state index is 0.0722. The molecule has 0 aliphatic rings. The molecule has 0 amide bonds. The van der Waals surface area contributed by atoms with E-state index in [-0.39, 0.29) is 21.8 Å². The Morgan fingerprint density at radius 1 is 1.09 bits per heavy atom. The SMILES string of the molecule is CC(C)Nc1c(-c2c(F)cccc2Cl)c(Cl)nc2nccnc12. The number of benzene rings is 1. The summed E-state index contributed by atoms with van der Waals surface area (Å²) in [6.07, 6.45) is 3.08. The van der Waals surface area contributed by atoms with Crippen molar-refractivity contribution in [3.05, 3.63) is 46.6 Å². The number of nitrogens with zero attached hydrogens (tertiary/aromatic N) is 3. The summed E-state index contributed by atoms with van der Waals surface area (Å²) in [5.41, 5.74) is 2.05. The van der Waals surface area contributed by atoms with Gasteiger partial charge in [0.2, 0.25) is 0 Å². The summed E-state index contributed by atoms with van der Waals surface area (Å²) >= 11 is 12.5. The zero-order valence-electron chi connectivity index (χ0n) is 12.4. The largest absolute Gasteiger partial charge is 0.380 e. The van der Waals surface area contributed by atoms with Crippen LogP contribution in [0, 0.1) is 5.82 Å². The van der Waals surface area contributed by atoms with Crippen LogP contribution in [0.5, 0.6) is 0 Å². The quantitative estimate of drug-likeness (QED) is 0.678. The molecule has 2 aromatic heterocycles. The van der Waals surface area contributed by atoms with E-state index in [9.17, 15) is 4.39 Å². The highest BCUT2D eigenvalue weighted by Gasteiger charge is 2.22. The molecule has 3 aromatic rings. The normalized spacial score (nSPS) is 11.2. The third-order valence-electron chi connectivity index (χ3n) is 3.22. The first-order valence-corrected chi connectivity index (χ1v) is 7.75. The standard InChI is InChI=1S/C16H13Cl2FN4/c1-8(2)22-13-12(11-9(17)4-3-5-10(11)19)15(18)23-16-14(13)20-6-7-21-16/h3-8H,1-2H3,(H,21,22,23). The van der Waals surface area contributed by atoms with Crippen LogP contribution in [0.15, 0.2) is 30.6 Å². The Kier molecular flexibility index (Phi) is 4.33. The summed E-state index contributed by atoms with van der Waals surface area (Å²) in [5.74, 6) is -0.476. The van der Waals surface area contributed by atoms with Crippen molar-refractivity contribution in [2.75, 3.05) is 5.32 Å². The molecular weight excluding hydrogens is 338 g/mol. The van der Waals surface area contributed by atoms with Crippen LogP contribution in [0.4, 0.5) is 10.1 Å². The lowest BCUT2D eigenvalue weighted by atomic mass is 10.0. The molecular formula is C16H13Cl2FN4. The maximum absolute atomic E-state index is 14.4. The first-order valence-electron chi connectivity index (χ1n) is 7.00. The smallest absolute Gasteiger partial charge is 0.181 e. The molecule has 0 saturated carbocycles. The lowest BCUT2D eigenvalue weighted by Gasteiger charge is -2.18. The Morgan fingerprint density at radius 3 is 2.52 bits per heavy atom. The minimum Gasteiger partial charge on any atom is -0.380 e. The van der Waals surface area contributed by atoms with Crippen molar-refractivity contribution in [2.24, 2.45) is 0 Å². The fourth-order valence-electron chi connectivity index (χ4n) is 2.35. The average molecular weight is 351 g/mol.